The first-order chi connectivity index (χ1) is 6.07. The number of carbonyl (C=O) groups is 1. The van der Waals surface area contributed by atoms with Gasteiger partial charge in [-0.25, -0.2) is 0 Å². The van der Waals surface area contributed by atoms with Crippen molar-refractivity contribution in [2.45, 2.75) is 40.2 Å². The fourth-order valence-corrected chi connectivity index (χ4v) is 0.906. The van der Waals surface area contributed by atoms with Gasteiger partial charge in [-0.3, -0.25) is 4.79 Å². The van der Waals surface area contributed by atoms with E-state index in [2.05, 4.69) is 24.5 Å². The lowest BCUT2D eigenvalue weighted by Crippen LogP contribution is -2.43. The molecule has 2 N–H and O–H groups in total. The van der Waals surface area contributed by atoms with Gasteiger partial charge in [-0.1, -0.05) is 20.8 Å². The Morgan fingerprint density at radius 1 is 1.31 bits per heavy atom. The molecule has 0 aromatic heterocycles. The van der Waals surface area contributed by atoms with Crippen molar-refractivity contribution in [1.29, 1.82) is 0 Å². The van der Waals surface area contributed by atoms with Crippen molar-refractivity contribution in [3.8, 4) is 0 Å². The maximum atomic E-state index is 11.3. The molecule has 0 fully saturated rings. The lowest BCUT2D eigenvalue weighted by atomic mass is 10.2. The van der Waals surface area contributed by atoms with Gasteiger partial charge >= 0.3 is 0 Å². The zero-order chi connectivity index (χ0) is 10.3. The molecule has 0 aromatic rings. The minimum absolute atomic E-state index is 0.0750. The molecule has 3 nitrogen and oxygen atoms in total. The molecule has 0 saturated carbocycles. The van der Waals surface area contributed by atoms with Crippen LogP contribution >= 0.6 is 0 Å². The van der Waals surface area contributed by atoms with Crippen LogP contribution in [0.5, 0.6) is 0 Å². The van der Waals surface area contributed by atoms with Gasteiger partial charge in [0.1, 0.15) is 0 Å². The molecule has 0 aliphatic heterocycles. The summed E-state index contributed by atoms with van der Waals surface area (Å²) in [7, 11) is 0. The third kappa shape index (κ3) is 6.58. The summed E-state index contributed by atoms with van der Waals surface area (Å²) in [5.41, 5.74) is 0. The van der Waals surface area contributed by atoms with Crippen molar-refractivity contribution in [3.05, 3.63) is 0 Å². The van der Waals surface area contributed by atoms with Crippen LogP contribution in [0, 0.1) is 5.92 Å². The van der Waals surface area contributed by atoms with Gasteiger partial charge in [0, 0.05) is 6.54 Å². The smallest absolute Gasteiger partial charge is 0.236 e. The van der Waals surface area contributed by atoms with E-state index in [4.69, 9.17) is 0 Å². The van der Waals surface area contributed by atoms with Gasteiger partial charge in [0.2, 0.25) is 5.91 Å². The molecule has 0 aromatic carbocycles. The van der Waals surface area contributed by atoms with Crippen LogP contribution in [0.4, 0.5) is 0 Å². The second kappa shape index (κ2) is 6.89. The van der Waals surface area contributed by atoms with Crippen LogP contribution in [0.3, 0.4) is 0 Å². The Labute approximate surface area is 81.3 Å². The summed E-state index contributed by atoms with van der Waals surface area (Å²) in [6.45, 7) is 9.86. The molecule has 0 heterocycles. The zero-order valence-electron chi connectivity index (χ0n) is 9.18. The highest BCUT2D eigenvalue weighted by Crippen LogP contribution is 1.90. The van der Waals surface area contributed by atoms with Crippen molar-refractivity contribution in [1.82, 2.24) is 10.6 Å². The molecule has 0 rings (SSSR count). The van der Waals surface area contributed by atoms with Crippen molar-refractivity contribution < 1.29 is 4.79 Å². The molecule has 78 valence electrons. The van der Waals surface area contributed by atoms with Crippen LogP contribution in [-0.4, -0.2) is 25.0 Å². The predicted octanol–water partition coefficient (Wildman–Crippen LogP) is 1.15. The second-order valence-electron chi connectivity index (χ2n) is 3.81. The molecule has 1 atom stereocenters. The lowest BCUT2D eigenvalue weighted by Gasteiger charge is -2.14. The van der Waals surface area contributed by atoms with Crippen LogP contribution in [0.15, 0.2) is 0 Å². The number of amides is 1. The fraction of sp³-hybridized carbons (Fsp3) is 0.900. The summed E-state index contributed by atoms with van der Waals surface area (Å²) in [6.07, 6.45) is 0.989. The van der Waals surface area contributed by atoms with Crippen molar-refractivity contribution in [2.75, 3.05) is 13.1 Å². The molecule has 0 bridgehead atoms. The fourth-order valence-electron chi connectivity index (χ4n) is 0.906. The van der Waals surface area contributed by atoms with E-state index in [1.54, 1.807) is 0 Å². The quantitative estimate of drug-likeness (QED) is 0.653. The Morgan fingerprint density at radius 2 is 1.92 bits per heavy atom. The van der Waals surface area contributed by atoms with Gasteiger partial charge in [-0.05, 0) is 25.8 Å². The first-order valence-corrected chi connectivity index (χ1v) is 5.09. The third-order valence-electron chi connectivity index (χ3n) is 1.77. The zero-order valence-corrected chi connectivity index (χ0v) is 9.18. The summed E-state index contributed by atoms with van der Waals surface area (Å²) in [5.74, 6) is 0.684. The average Bonchev–Trinajstić information content (AvgIpc) is 2.10. The third-order valence-corrected chi connectivity index (χ3v) is 1.77. The number of hydrogen-bond acceptors (Lipinski definition) is 2. The van der Waals surface area contributed by atoms with E-state index < -0.39 is 0 Å². The first-order valence-electron chi connectivity index (χ1n) is 5.09. The topological polar surface area (TPSA) is 41.1 Å². The Hall–Kier alpha value is -0.570. The van der Waals surface area contributed by atoms with Gasteiger partial charge in [0.15, 0.2) is 0 Å². The maximum Gasteiger partial charge on any atom is 0.236 e. The molecule has 0 spiro atoms. The van der Waals surface area contributed by atoms with Crippen LogP contribution in [0.1, 0.15) is 34.1 Å². The predicted molar refractivity (Wildman–Crippen MR) is 55.6 cm³/mol. The first kappa shape index (κ1) is 12.4. The molecule has 0 aliphatic carbocycles. The number of rotatable bonds is 6. The van der Waals surface area contributed by atoms with E-state index in [-0.39, 0.29) is 11.9 Å². The molecule has 1 unspecified atom stereocenters. The molecular formula is C10H22N2O. The Bertz CT molecular complexity index is 146. The van der Waals surface area contributed by atoms with Crippen LogP contribution < -0.4 is 10.6 Å². The highest BCUT2D eigenvalue weighted by molar-refractivity contribution is 5.81. The molecule has 3 heteroatoms. The van der Waals surface area contributed by atoms with Crippen LogP contribution in [0.2, 0.25) is 0 Å². The summed E-state index contributed by atoms with van der Waals surface area (Å²) < 4.78 is 0. The average molecular weight is 186 g/mol. The largest absolute Gasteiger partial charge is 0.355 e. The van der Waals surface area contributed by atoms with E-state index in [0.717, 1.165) is 19.5 Å². The molecule has 1 amide bonds. The Morgan fingerprint density at radius 3 is 2.38 bits per heavy atom. The Kier molecular flexibility index (Phi) is 6.59. The molecule has 0 aliphatic rings. The van der Waals surface area contributed by atoms with E-state index >= 15 is 0 Å². The van der Waals surface area contributed by atoms with Crippen molar-refractivity contribution in [2.24, 2.45) is 5.92 Å². The van der Waals surface area contributed by atoms with Gasteiger partial charge in [0.05, 0.1) is 6.04 Å². The summed E-state index contributed by atoms with van der Waals surface area (Å²) in [5, 5.41) is 6.03. The van der Waals surface area contributed by atoms with Crippen LogP contribution in [-0.2, 0) is 4.79 Å². The minimum atomic E-state index is -0.0750. The molecule has 0 radical (unpaired) electrons. The maximum absolute atomic E-state index is 11.3. The summed E-state index contributed by atoms with van der Waals surface area (Å²) in [4.78, 5) is 11.3. The van der Waals surface area contributed by atoms with E-state index in [1.165, 1.54) is 0 Å². The molecule has 13 heavy (non-hydrogen) atoms. The monoisotopic (exact) mass is 186 g/mol. The van der Waals surface area contributed by atoms with Crippen LogP contribution in [0.25, 0.3) is 0 Å². The van der Waals surface area contributed by atoms with E-state index in [1.807, 2.05) is 13.8 Å². The van der Waals surface area contributed by atoms with Gasteiger partial charge in [0.25, 0.3) is 0 Å². The molecular weight excluding hydrogens is 164 g/mol. The normalized spacial score (nSPS) is 13.0. The standard InChI is InChI=1S/C10H22N2O/c1-5-6-11-10(13)9(4)12-7-8(2)3/h8-9,12H,5-7H2,1-4H3,(H,11,13). The minimum Gasteiger partial charge on any atom is -0.355 e. The second-order valence-corrected chi connectivity index (χ2v) is 3.81. The van der Waals surface area contributed by atoms with Gasteiger partial charge in [-0.2, -0.15) is 0 Å². The highest BCUT2D eigenvalue weighted by atomic mass is 16.2. The summed E-state index contributed by atoms with van der Waals surface area (Å²) >= 11 is 0. The van der Waals surface area contributed by atoms with Crippen molar-refractivity contribution in [3.63, 3.8) is 0 Å². The van der Waals surface area contributed by atoms with Gasteiger partial charge < -0.3 is 10.6 Å². The number of carbonyl (C=O) groups excluding carboxylic acids is 1. The van der Waals surface area contributed by atoms with E-state index in [9.17, 15) is 4.79 Å². The lowest BCUT2D eigenvalue weighted by molar-refractivity contribution is -0.122. The number of nitrogens with one attached hydrogen (secondary N) is 2. The highest BCUT2D eigenvalue weighted by Gasteiger charge is 2.10. The molecule has 0 saturated heterocycles. The van der Waals surface area contributed by atoms with Crippen molar-refractivity contribution >= 4 is 5.91 Å². The summed E-state index contributed by atoms with van der Waals surface area (Å²) in [6, 6.07) is -0.0750. The van der Waals surface area contributed by atoms with E-state index in [0.29, 0.717) is 5.92 Å². The Balaban J connectivity index is 3.57. The number of hydrogen-bond donors (Lipinski definition) is 2. The SMILES string of the molecule is CCCNC(=O)C(C)NCC(C)C. The van der Waals surface area contributed by atoms with Gasteiger partial charge in [-0.15, -0.1) is 0 Å².